The molecule has 2 saturated heterocycles. The molecule has 0 aromatic heterocycles. The van der Waals surface area contributed by atoms with Crippen LogP contribution in [0.25, 0.3) is 0 Å². The minimum atomic E-state index is -0.467. The van der Waals surface area contributed by atoms with Crippen LogP contribution in [0.2, 0.25) is 0 Å². The van der Waals surface area contributed by atoms with Crippen LogP contribution in [0.5, 0.6) is 0 Å². The molecule has 0 aromatic rings. The summed E-state index contributed by atoms with van der Waals surface area (Å²) in [5, 5.41) is 3.36. The van der Waals surface area contributed by atoms with Gasteiger partial charge in [-0.1, -0.05) is 0 Å². The molecule has 2 fully saturated rings. The molecule has 2 heterocycles. The van der Waals surface area contributed by atoms with Crippen LogP contribution < -0.4 is 5.32 Å². The number of hydrogen-bond acceptors (Lipinski definition) is 4. The van der Waals surface area contributed by atoms with Crippen molar-refractivity contribution in [2.45, 2.75) is 57.6 Å². The maximum absolute atomic E-state index is 12.1. The van der Waals surface area contributed by atoms with Gasteiger partial charge in [-0.05, 0) is 46.6 Å². The van der Waals surface area contributed by atoms with Crippen LogP contribution in [0, 0.1) is 0 Å². The lowest BCUT2D eigenvalue weighted by atomic mass is 9.79. The van der Waals surface area contributed by atoms with Crippen molar-refractivity contribution in [3.63, 3.8) is 0 Å². The van der Waals surface area contributed by atoms with Crippen molar-refractivity contribution in [1.82, 2.24) is 10.2 Å². The van der Waals surface area contributed by atoms with E-state index in [0.29, 0.717) is 38.1 Å². The second-order valence-corrected chi connectivity index (χ2v) is 6.50. The molecule has 0 aliphatic carbocycles. The molecular formula is C14H25ClN2O3. The van der Waals surface area contributed by atoms with Crippen molar-refractivity contribution in [1.29, 1.82) is 0 Å². The maximum atomic E-state index is 12.1. The van der Waals surface area contributed by atoms with Gasteiger partial charge in [0.15, 0.2) is 5.78 Å². The molecule has 2 rings (SSSR count). The molecule has 1 amide bonds. The Hall–Kier alpha value is -0.810. The Kier molecular flexibility index (Phi) is 5.44. The van der Waals surface area contributed by atoms with Gasteiger partial charge in [0.1, 0.15) is 5.60 Å². The van der Waals surface area contributed by atoms with Gasteiger partial charge in [0, 0.05) is 19.5 Å². The van der Waals surface area contributed by atoms with E-state index in [-0.39, 0.29) is 24.0 Å². The summed E-state index contributed by atoms with van der Waals surface area (Å²) < 4.78 is 5.36. The lowest BCUT2D eigenvalue weighted by Crippen LogP contribution is -2.61. The van der Waals surface area contributed by atoms with Crippen LogP contribution in [0.15, 0.2) is 0 Å². The predicted octanol–water partition coefficient (Wildman–Crippen LogP) is 2.13. The number of amides is 1. The number of piperidine rings is 2. The first-order valence-corrected chi connectivity index (χ1v) is 7.09. The highest BCUT2D eigenvalue weighted by molar-refractivity contribution is 5.89. The van der Waals surface area contributed by atoms with Gasteiger partial charge in [-0.25, -0.2) is 4.79 Å². The Morgan fingerprint density at radius 1 is 1.30 bits per heavy atom. The summed E-state index contributed by atoms with van der Waals surface area (Å²) in [4.78, 5) is 25.8. The van der Waals surface area contributed by atoms with Crippen LogP contribution in [0.1, 0.15) is 46.5 Å². The van der Waals surface area contributed by atoms with Crippen molar-refractivity contribution in [2.75, 3.05) is 19.6 Å². The largest absolute Gasteiger partial charge is 0.444 e. The topological polar surface area (TPSA) is 58.6 Å². The normalized spacial score (nSPS) is 22.4. The Labute approximate surface area is 126 Å². The second kappa shape index (κ2) is 6.31. The number of carbonyl (C=O) groups excluding carboxylic acids is 2. The molecule has 0 saturated carbocycles. The number of carbonyl (C=O) groups is 2. The maximum Gasteiger partial charge on any atom is 0.410 e. The summed E-state index contributed by atoms with van der Waals surface area (Å²) >= 11 is 0. The Bertz CT molecular complexity index is 371. The molecule has 116 valence electrons. The van der Waals surface area contributed by atoms with E-state index in [9.17, 15) is 9.59 Å². The summed E-state index contributed by atoms with van der Waals surface area (Å²) in [7, 11) is 0. The molecule has 0 radical (unpaired) electrons. The average molecular weight is 305 g/mol. The monoisotopic (exact) mass is 304 g/mol. The third-order valence-electron chi connectivity index (χ3n) is 3.85. The van der Waals surface area contributed by atoms with Gasteiger partial charge in [-0.3, -0.25) is 4.79 Å². The number of likely N-dealkylation sites (tertiary alicyclic amines) is 1. The van der Waals surface area contributed by atoms with Crippen molar-refractivity contribution < 1.29 is 14.3 Å². The number of ketones is 1. The molecule has 0 unspecified atom stereocenters. The number of hydrogen-bond donors (Lipinski definition) is 1. The van der Waals surface area contributed by atoms with E-state index in [1.165, 1.54) is 0 Å². The minimum absolute atomic E-state index is 0. The zero-order valence-corrected chi connectivity index (χ0v) is 13.3. The average Bonchev–Trinajstić information content (AvgIpc) is 2.32. The highest BCUT2D eigenvalue weighted by atomic mass is 35.5. The van der Waals surface area contributed by atoms with E-state index >= 15 is 0 Å². The molecule has 6 heteroatoms. The van der Waals surface area contributed by atoms with Gasteiger partial charge < -0.3 is 15.0 Å². The van der Waals surface area contributed by atoms with Crippen LogP contribution in [0.4, 0.5) is 4.79 Å². The van der Waals surface area contributed by atoms with E-state index < -0.39 is 5.60 Å². The van der Waals surface area contributed by atoms with Gasteiger partial charge in [-0.15, -0.1) is 12.4 Å². The lowest BCUT2D eigenvalue weighted by molar-refractivity contribution is -0.129. The van der Waals surface area contributed by atoms with E-state index in [1.807, 2.05) is 20.8 Å². The summed E-state index contributed by atoms with van der Waals surface area (Å²) in [6.45, 7) is 7.67. The first-order valence-electron chi connectivity index (χ1n) is 7.09. The fraction of sp³-hybridized carbons (Fsp3) is 0.857. The molecule has 1 spiro atoms. The van der Waals surface area contributed by atoms with Gasteiger partial charge in [0.2, 0.25) is 0 Å². The fourth-order valence-electron chi connectivity index (χ4n) is 2.77. The molecular weight excluding hydrogens is 280 g/mol. The van der Waals surface area contributed by atoms with Crippen LogP contribution in [0.3, 0.4) is 0 Å². The van der Waals surface area contributed by atoms with E-state index in [2.05, 4.69) is 5.32 Å². The predicted molar refractivity (Wildman–Crippen MR) is 79.3 cm³/mol. The second-order valence-electron chi connectivity index (χ2n) is 6.50. The number of ether oxygens (including phenoxy) is 1. The molecule has 20 heavy (non-hydrogen) atoms. The van der Waals surface area contributed by atoms with Gasteiger partial charge in [-0.2, -0.15) is 0 Å². The number of halogens is 1. The molecule has 0 bridgehead atoms. The minimum Gasteiger partial charge on any atom is -0.444 e. The van der Waals surface area contributed by atoms with Crippen molar-refractivity contribution in [3.8, 4) is 0 Å². The molecule has 0 aromatic carbocycles. The zero-order valence-electron chi connectivity index (χ0n) is 12.5. The number of rotatable bonds is 0. The summed E-state index contributed by atoms with van der Waals surface area (Å²) in [6.07, 6.45) is 2.72. The zero-order chi connectivity index (χ0) is 14.1. The van der Waals surface area contributed by atoms with E-state index in [4.69, 9.17) is 4.74 Å². The van der Waals surface area contributed by atoms with E-state index in [0.717, 1.165) is 13.0 Å². The number of nitrogens with zero attached hydrogens (tertiary/aromatic N) is 1. The van der Waals surface area contributed by atoms with Crippen molar-refractivity contribution in [2.24, 2.45) is 0 Å². The first-order chi connectivity index (χ1) is 8.82. The Morgan fingerprint density at radius 3 is 2.40 bits per heavy atom. The quantitative estimate of drug-likeness (QED) is 0.745. The molecule has 1 N–H and O–H groups in total. The lowest BCUT2D eigenvalue weighted by Gasteiger charge is -2.43. The third-order valence-corrected chi connectivity index (χ3v) is 3.85. The van der Waals surface area contributed by atoms with Crippen LogP contribution in [-0.2, 0) is 9.53 Å². The van der Waals surface area contributed by atoms with Crippen LogP contribution in [-0.4, -0.2) is 47.6 Å². The van der Waals surface area contributed by atoms with Gasteiger partial charge in [0.25, 0.3) is 0 Å². The van der Waals surface area contributed by atoms with Crippen LogP contribution >= 0.6 is 12.4 Å². The van der Waals surface area contributed by atoms with E-state index in [1.54, 1.807) is 4.90 Å². The molecule has 2 aliphatic rings. The highest BCUT2D eigenvalue weighted by Crippen LogP contribution is 2.28. The highest BCUT2D eigenvalue weighted by Gasteiger charge is 2.43. The molecule has 5 nitrogen and oxygen atoms in total. The fourth-order valence-corrected chi connectivity index (χ4v) is 2.77. The van der Waals surface area contributed by atoms with Gasteiger partial charge >= 0.3 is 6.09 Å². The summed E-state index contributed by atoms with van der Waals surface area (Å²) in [5.41, 5.74) is -0.845. The number of nitrogens with one attached hydrogen (secondary N) is 1. The van der Waals surface area contributed by atoms with Crippen molar-refractivity contribution >= 4 is 24.3 Å². The Balaban J connectivity index is 0.00000200. The van der Waals surface area contributed by atoms with Gasteiger partial charge in [0.05, 0.1) is 5.54 Å². The first kappa shape index (κ1) is 17.2. The summed E-state index contributed by atoms with van der Waals surface area (Å²) in [6, 6.07) is 0. The standard InChI is InChI=1S/C14H24N2O3.ClH/c1-13(2,3)19-12(18)16-9-6-14(7-10-16)11(17)5-4-8-15-14;/h15H,4-10H2,1-3H3;1H. The third kappa shape index (κ3) is 3.85. The Morgan fingerprint density at radius 2 is 1.90 bits per heavy atom. The SMILES string of the molecule is CC(C)(C)OC(=O)N1CCC2(CC1)NCCCC2=O.Cl. The van der Waals surface area contributed by atoms with Crippen molar-refractivity contribution in [3.05, 3.63) is 0 Å². The molecule has 2 aliphatic heterocycles. The number of Topliss-reactive ketones (excluding diaryl/α,β-unsaturated/α-hetero) is 1. The summed E-state index contributed by atoms with van der Waals surface area (Å²) in [5.74, 6) is 0.308. The molecule has 0 atom stereocenters. The smallest absolute Gasteiger partial charge is 0.410 e.